The first-order valence-electron chi connectivity index (χ1n) is 8.32. The number of rotatable bonds is 5. The monoisotopic (exact) mass is 321 g/mol. The fourth-order valence-corrected chi connectivity index (χ4v) is 2.69. The van der Waals surface area contributed by atoms with Crippen molar-refractivity contribution < 1.29 is 14.3 Å². The first kappa shape index (κ1) is 17.5. The molecule has 0 N–H and O–H groups in total. The van der Waals surface area contributed by atoms with Gasteiger partial charge in [-0.25, -0.2) is 14.8 Å². The Hall–Kier alpha value is -1.85. The van der Waals surface area contributed by atoms with Gasteiger partial charge in [-0.3, -0.25) is 0 Å². The molecule has 0 aliphatic carbocycles. The maximum absolute atomic E-state index is 12.1. The van der Waals surface area contributed by atoms with Crippen LogP contribution in [0.4, 0.5) is 4.79 Å². The quantitative estimate of drug-likeness (QED) is 0.779. The SMILES string of the molecule is CC(C)(C)OC(=O)N1CCCC(CCCOc2ncccn2)C1. The van der Waals surface area contributed by atoms with Gasteiger partial charge in [-0.2, -0.15) is 0 Å². The lowest BCUT2D eigenvalue weighted by atomic mass is 9.94. The summed E-state index contributed by atoms with van der Waals surface area (Å²) in [5, 5.41) is 0. The molecule has 2 heterocycles. The molecule has 0 saturated carbocycles. The minimum atomic E-state index is -0.437. The normalized spacial score (nSPS) is 18.6. The average Bonchev–Trinajstić information content (AvgIpc) is 2.51. The van der Waals surface area contributed by atoms with Crippen molar-refractivity contribution in [1.29, 1.82) is 0 Å². The second-order valence-corrected chi connectivity index (χ2v) is 6.96. The van der Waals surface area contributed by atoms with E-state index in [4.69, 9.17) is 9.47 Å². The van der Waals surface area contributed by atoms with E-state index in [0.717, 1.165) is 38.8 Å². The van der Waals surface area contributed by atoms with Crippen LogP contribution < -0.4 is 4.74 Å². The van der Waals surface area contributed by atoms with Gasteiger partial charge in [0.2, 0.25) is 0 Å². The number of ether oxygens (including phenoxy) is 2. The van der Waals surface area contributed by atoms with Gasteiger partial charge in [-0.15, -0.1) is 0 Å². The van der Waals surface area contributed by atoms with Crippen molar-refractivity contribution >= 4 is 6.09 Å². The molecule has 6 nitrogen and oxygen atoms in total. The van der Waals surface area contributed by atoms with Gasteiger partial charge in [0.1, 0.15) is 5.60 Å². The van der Waals surface area contributed by atoms with E-state index in [2.05, 4.69) is 9.97 Å². The fraction of sp³-hybridized carbons (Fsp3) is 0.706. The predicted octanol–water partition coefficient (Wildman–Crippen LogP) is 3.28. The van der Waals surface area contributed by atoms with Crippen molar-refractivity contribution in [2.24, 2.45) is 5.92 Å². The number of amides is 1. The molecule has 1 unspecified atom stereocenters. The molecule has 2 rings (SSSR count). The van der Waals surface area contributed by atoms with Gasteiger partial charge in [0.25, 0.3) is 0 Å². The molecule has 1 aromatic heterocycles. The lowest BCUT2D eigenvalue weighted by Crippen LogP contribution is -2.42. The maximum atomic E-state index is 12.1. The van der Waals surface area contributed by atoms with Crippen LogP contribution >= 0.6 is 0 Å². The number of hydrogen-bond donors (Lipinski definition) is 0. The first-order chi connectivity index (χ1) is 10.9. The van der Waals surface area contributed by atoms with Crippen molar-refractivity contribution in [3.05, 3.63) is 18.5 Å². The predicted molar refractivity (Wildman–Crippen MR) is 87.3 cm³/mol. The summed E-state index contributed by atoms with van der Waals surface area (Å²) in [6.07, 6.45) is 7.30. The molecule has 1 fully saturated rings. The minimum Gasteiger partial charge on any atom is -0.463 e. The summed E-state index contributed by atoms with van der Waals surface area (Å²) in [5.41, 5.74) is -0.437. The Labute approximate surface area is 138 Å². The van der Waals surface area contributed by atoms with Crippen LogP contribution in [-0.4, -0.2) is 46.3 Å². The minimum absolute atomic E-state index is 0.198. The van der Waals surface area contributed by atoms with Crippen LogP contribution in [0.5, 0.6) is 6.01 Å². The summed E-state index contributed by atoms with van der Waals surface area (Å²) in [4.78, 5) is 22.0. The van der Waals surface area contributed by atoms with E-state index >= 15 is 0 Å². The van der Waals surface area contributed by atoms with Crippen LogP contribution in [0.1, 0.15) is 46.5 Å². The topological polar surface area (TPSA) is 64.5 Å². The third kappa shape index (κ3) is 6.42. The molecule has 1 aromatic rings. The number of carbonyl (C=O) groups excluding carboxylic acids is 1. The van der Waals surface area contributed by atoms with E-state index in [9.17, 15) is 4.79 Å². The van der Waals surface area contributed by atoms with E-state index < -0.39 is 5.60 Å². The smallest absolute Gasteiger partial charge is 0.410 e. The van der Waals surface area contributed by atoms with Gasteiger partial charge < -0.3 is 14.4 Å². The molecule has 1 atom stereocenters. The van der Waals surface area contributed by atoms with Gasteiger partial charge in [0.15, 0.2) is 0 Å². The first-order valence-corrected chi connectivity index (χ1v) is 8.32. The Morgan fingerprint density at radius 1 is 1.35 bits per heavy atom. The van der Waals surface area contributed by atoms with Crippen molar-refractivity contribution in [3.63, 3.8) is 0 Å². The number of hydrogen-bond acceptors (Lipinski definition) is 5. The molecule has 0 radical (unpaired) electrons. The third-order valence-electron chi connectivity index (χ3n) is 3.70. The summed E-state index contributed by atoms with van der Waals surface area (Å²) >= 11 is 0. The second-order valence-electron chi connectivity index (χ2n) is 6.96. The summed E-state index contributed by atoms with van der Waals surface area (Å²) < 4.78 is 11.0. The lowest BCUT2D eigenvalue weighted by Gasteiger charge is -2.34. The molecule has 0 bridgehead atoms. The Morgan fingerprint density at radius 3 is 2.78 bits per heavy atom. The highest BCUT2D eigenvalue weighted by Gasteiger charge is 2.27. The highest BCUT2D eigenvalue weighted by molar-refractivity contribution is 5.68. The lowest BCUT2D eigenvalue weighted by molar-refractivity contribution is 0.0159. The van der Waals surface area contributed by atoms with Gasteiger partial charge in [0.05, 0.1) is 6.61 Å². The van der Waals surface area contributed by atoms with Gasteiger partial charge in [-0.05, 0) is 58.4 Å². The van der Waals surface area contributed by atoms with Crippen LogP contribution in [0.3, 0.4) is 0 Å². The summed E-state index contributed by atoms with van der Waals surface area (Å²) in [6.45, 7) is 7.86. The van der Waals surface area contributed by atoms with Gasteiger partial charge >= 0.3 is 12.1 Å². The van der Waals surface area contributed by atoms with E-state index in [-0.39, 0.29) is 6.09 Å². The fourth-order valence-electron chi connectivity index (χ4n) is 2.69. The highest BCUT2D eigenvalue weighted by atomic mass is 16.6. The van der Waals surface area contributed by atoms with Crippen molar-refractivity contribution in [3.8, 4) is 6.01 Å². The molecule has 0 spiro atoms. The summed E-state index contributed by atoms with van der Waals surface area (Å²) in [6, 6.07) is 2.19. The van der Waals surface area contributed by atoms with Crippen LogP contribution in [0.2, 0.25) is 0 Å². The molecule has 128 valence electrons. The Balaban J connectivity index is 1.68. The number of carbonyl (C=O) groups is 1. The Morgan fingerprint density at radius 2 is 2.09 bits per heavy atom. The molecule has 6 heteroatoms. The van der Waals surface area contributed by atoms with E-state index in [1.54, 1.807) is 18.5 Å². The molecule has 1 amide bonds. The summed E-state index contributed by atoms with van der Waals surface area (Å²) in [5.74, 6) is 0.511. The molecule has 1 aliphatic rings. The zero-order chi connectivity index (χ0) is 16.7. The Kier molecular flexibility index (Phi) is 6.19. The zero-order valence-corrected chi connectivity index (χ0v) is 14.3. The molecular formula is C17H27N3O3. The third-order valence-corrected chi connectivity index (χ3v) is 3.70. The van der Waals surface area contributed by atoms with Crippen LogP contribution in [-0.2, 0) is 4.74 Å². The second kappa shape index (κ2) is 8.13. The highest BCUT2D eigenvalue weighted by Crippen LogP contribution is 2.22. The molecule has 23 heavy (non-hydrogen) atoms. The number of piperidine rings is 1. The van der Waals surface area contributed by atoms with Crippen LogP contribution in [0.15, 0.2) is 18.5 Å². The number of likely N-dealkylation sites (tertiary alicyclic amines) is 1. The van der Waals surface area contributed by atoms with Crippen LogP contribution in [0.25, 0.3) is 0 Å². The summed E-state index contributed by atoms with van der Waals surface area (Å²) in [7, 11) is 0. The van der Waals surface area contributed by atoms with Crippen LogP contribution in [0, 0.1) is 5.92 Å². The largest absolute Gasteiger partial charge is 0.463 e. The zero-order valence-electron chi connectivity index (χ0n) is 14.3. The maximum Gasteiger partial charge on any atom is 0.410 e. The molecular weight excluding hydrogens is 294 g/mol. The average molecular weight is 321 g/mol. The van der Waals surface area contributed by atoms with E-state index in [1.165, 1.54) is 0 Å². The van der Waals surface area contributed by atoms with Crippen molar-refractivity contribution in [1.82, 2.24) is 14.9 Å². The van der Waals surface area contributed by atoms with E-state index in [0.29, 0.717) is 18.5 Å². The number of nitrogens with zero attached hydrogens (tertiary/aromatic N) is 3. The molecule has 1 saturated heterocycles. The number of aromatic nitrogens is 2. The molecule has 0 aromatic carbocycles. The van der Waals surface area contributed by atoms with Gasteiger partial charge in [-0.1, -0.05) is 0 Å². The van der Waals surface area contributed by atoms with E-state index in [1.807, 2.05) is 25.7 Å². The standard InChI is InChI=1S/C17H27N3O3/c1-17(2,3)23-16(21)20-11-4-7-14(13-20)8-5-12-22-15-18-9-6-10-19-15/h6,9-10,14H,4-5,7-8,11-13H2,1-3H3. The van der Waals surface area contributed by atoms with Crippen molar-refractivity contribution in [2.75, 3.05) is 19.7 Å². The van der Waals surface area contributed by atoms with Crippen molar-refractivity contribution in [2.45, 2.75) is 52.1 Å². The molecule has 1 aliphatic heterocycles. The Bertz CT molecular complexity index is 488. The van der Waals surface area contributed by atoms with Gasteiger partial charge in [0, 0.05) is 25.5 Å².